The number of hydrogen-bond acceptors (Lipinski definition) is 4. The molecule has 2 rings (SSSR count). The minimum atomic E-state index is -4.72. The summed E-state index contributed by atoms with van der Waals surface area (Å²) in [6.07, 6.45) is -10.8. The minimum absolute atomic E-state index is 0.215. The number of halogens is 6. The normalized spacial score (nSPS) is 12.4. The Morgan fingerprint density at radius 3 is 2.03 bits per heavy atom. The molecule has 0 aliphatic heterocycles. The number of carboxylic acids is 2. The molecule has 0 aliphatic rings. The molecule has 1 atom stereocenters. The molecule has 0 heterocycles. The van der Waals surface area contributed by atoms with E-state index in [1.807, 2.05) is 0 Å². The van der Waals surface area contributed by atoms with E-state index in [1.54, 1.807) is 12.1 Å². The number of aliphatic hydroxyl groups is 1. The molecule has 2 aromatic rings. The fourth-order valence-electron chi connectivity index (χ4n) is 1.76. The maximum absolute atomic E-state index is 12.6. The van der Waals surface area contributed by atoms with E-state index in [-0.39, 0.29) is 16.7 Å². The Hall–Kier alpha value is -2.92. The first-order valence-electron chi connectivity index (χ1n) is 7.38. The molecule has 29 heavy (non-hydrogen) atoms. The molecule has 0 aromatic heterocycles. The van der Waals surface area contributed by atoms with E-state index < -0.39 is 41.6 Å². The van der Waals surface area contributed by atoms with Gasteiger partial charge in [-0.05, 0) is 24.3 Å². The van der Waals surface area contributed by atoms with E-state index in [1.165, 1.54) is 12.1 Å². The lowest BCUT2D eigenvalue weighted by Crippen LogP contribution is -2.34. The van der Waals surface area contributed by atoms with Gasteiger partial charge in [-0.2, -0.15) is 22.0 Å². The number of carbonyl (C=O) groups is 2. The highest BCUT2D eigenvalue weighted by Crippen LogP contribution is 2.32. The second kappa shape index (κ2) is 9.52. The summed E-state index contributed by atoms with van der Waals surface area (Å²) in [5, 5.41) is 25.8. The third-order valence-corrected chi connectivity index (χ3v) is 3.43. The van der Waals surface area contributed by atoms with Crippen LogP contribution in [0.4, 0.5) is 22.0 Å². The van der Waals surface area contributed by atoms with Crippen LogP contribution >= 0.6 is 11.6 Å². The van der Waals surface area contributed by atoms with E-state index in [4.69, 9.17) is 26.9 Å². The Bertz CT molecular complexity index is 871. The zero-order valence-corrected chi connectivity index (χ0v) is 14.8. The van der Waals surface area contributed by atoms with Crippen LogP contribution in [-0.2, 0) is 15.8 Å². The molecule has 2 aromatic carbocycles. The molecule has 0 aliphatic carbocycles. The van der Waals surface area contributed by atoms with E-state index in [0.717, 1.165) is 12.1 Å². The lowest BCUT2D eigenvalue weighted by Gasteiger charge is -2.14. The Morgan fingerprint density at radius 1 is 0.966 bits per heavy atom. The number of aliphatic carboxylic acids is 2. The van der Waals surface area contributed by atoms with Crippen molar-refractivity contribution in [2.75, 3.05) is 0 Å². The van der Waals surface area contributed by atoms with Gasteiger partial charge in [0, 0.05) is 10.6 Å². The standard InChI is InChI=1S/C9H5F5O3.C8H7ClO3/c10-8(11,12)5-2-1-3-6(4-5)17-9(13,14)7(15)16;9-6-4-2-1-3-5(6)7(10)8(11)12/h1-4H,(H,15,16);1-4,7,10H,(H,11,12)/t;7-/m.0/s1. The summed E-state index contributed by atoms with van der Waals surface area (Å²) in [5.74, 6) is -4.77. The summed E-state index contributed by atoms with van der Waals surface area (Å²) in [5.41, 5.74) is -0.997. The minimum Gasteiger partial charge on any atom is -0.479 e. The highest BCUT2D eigenvalue weighted by atomic mass is 35.5. The van der Waals surface area contributed by atoms with Crippen molar-refractivity contribution < 1.29 is 51.6 Å². The number of hydrogen-bond donors (Lipinski definition) is 3. The van der Waals surface area contributed by atoms with E-state index >= 15 is 0 Å². The third-order valence-electron chi connectivity index (χ3n) is 3.09. The number of benzene rings is 2. The fourth-order valence-corrected chi connectivity index (χ4v) is 2.00. The van der Waals surface area contributed by atoms with Gasteiger partial charge in [0.1, 0.15) is 5.75 Å². The van der Waals surface area contributed by atoms with Crippen LogP contribution in [0, 0.1) is 0 Å². The van der Waals surface area contributed by atoms with Crippen LogP contribution in [-0.4, -0.2) is 33.4 Å². The van der Waals surface area contributed by atoms with E-state index in [0.29, 0.717) is 6.07 Å². The lowest BCUT2D eigenvalue weighted by atomic mass is 10.1. The second-order valence-corrected chi connectivity index (χ2v) is 5.62. The van der Waals surface area contributed by atoms with Crippen molar-refractivity contribution in [2.24, 2.45) is 0 Å². The molecule has 0 unspecified atom stereocenters. The summed E-state index contributed by atoms with van der Waals surface area (Å²) in [6.45, 7) is 0. The Morgan fingerprint density at radius 2 is 1.55 bits per heavy atom. The predicted molar refractivity (Wildman–Crippen MR) is 88.7 cm³/mol. The number of rotatable bonds is 5. The number of alkyl halides is 5. The van der Waals surface area contributed by atoms with Crippen molar-refractivity contribution in [2.45, 2.75) is 18.4 Å². The van der Waals surface area contributed by atoms with Crippen molar-refractivity contribution in [3.63, 3.8) is 0 Å². The predicted octanol–water partition coefficient (Wildman–Crippen LogP) is 4.22. The summed E-state index contributed by atoms with van der Waals surface area (Å²) in [6, 6.07) is 8.85. The first-order chi connectivity index (χ1) is 13.3. The average molecular weight is 443 g/mol. The maximum Gasteiger partial charge on any atom is 0.501 e. The van der Waals surface area contributed by atoms with Gasteiger partial charge in [-0.25, -0.2) is 9.59 Å². The lowest BCUT2D eigenvalue weighted by molar-refractivity contribution is -0.211. The molecule has 158 valence electrons. The largest absolute Gasteiger partial charge is 0.501 e. The molecular weight excluding hydrogens is 431 g/mol. The van der Waals surface area contributed by atoms with Gasteiger partial charge in [0.05, 0.1) is 5.56 Å². The summed E-state index contributed by atoms with van der Waals surface area (Å²) >= 11 is 5.64. The molecule has 0 saturated heterocycles. The van der Waals surface area contributed by atoms with Crippen LogP contribution in [0.3, 0.4) is 0 Å². The van der Waals surface area contributed by atoms with Gasteiger partial charge in [-0.3, -0.25) is 0 Å². The van der Waals surface area contributed by atoms with Gasteiger partial charge in [0.25, 0.3) is 0 Å². The third kappa shape index (κ3) is 7.20. The van der Waals surface area contributed by atoms with Gasteiger partial charge < -0.3 is 20.1 Å². The zero-order chi connectivity index (χ0) is 22.4. The van der Waals surface area contributed by atoms with Crippen LogP contribution in [0.5, 0.6) is 5.75 Å². The van der Waals surface area contributed by atoms with Crippen molar-refractivity contribution in [1.82, 2.24) is 0 Å². The van der Waals surface area contributed by atoms with Gasteiger partial charge in [-0.15, -0.1) is 0 Å². The summed E-state index contributed by atoms with van der Waals surface area (Å²) in [7, 11) is 0. The van der Waals surface area contributed by atoms with Gasteiger partial charge in [0.2, 0.25) is 0 Å². The molecule has 12 heteroatoms. The smallest absolute Gasteiger partial charge is 0.479 e. The first kappa shape index (κ1) is 24.1. The fraction of sp³-hybridized carbons (Fsp3) is 0.176. The summed E-state index contributed by atoms with van der Waals surface area (Å²) < 4.78 is 65.4. The topological polar surface area (TPSA) is 104 Å². The molecule has 6 nitrogen and oxygen atoms in total. The van der Waals surface area contributed by atoms with E-state index in [9.17, 15) is 31.5 Å². The molecule has 0 amide bonds. The molecular formula is C17H12ClF5O6. The Kier molecular flexibility index (Phi) is 7.92. The molecule has 0 bridgehead atoms. The number of ether oxygens (including phenoxy) is 1. The van der Waals surface area contributed by atoms with Crippen LogP contribution in [0.1, 0.15) is 17.2 Å². The Labute approximate surface area is 164 Å². The quantitative estimate of drug-likeness (QED) is 0.599. The summed E-state index contributed by atoms with van der Waals surface area (Å²) in [4.78, 5) is 20.4. The van der Waals surface area contributed by atoms with Crippen LogP contribution in [0.15, 0.2) is 48.5 Å². The first-order valence-corrected chi connectivity index (χ1v) is 7.76. The Balaban J connectivity index is 0.000000308. The van der Waals surface area contributed by atoms with Crippen molar-refractivity contribution in [3.05, 3.63) is 64.7 Å². The number of aliphatic hydroxyl groups excluding tert-OH is 1. The molecule has 0 radical (unpaired) electrons. The average Bonchev–Trinajstić information content (AvgIpc) is 2.61. The van der Waals surface area contributed by atoms with Crippen LogP contribution < -0.4 is 4.74 Å². The zero-order valence-electron chi connectivity index (χ0n) is 14.0. The monoisotopic (exact) mass is 442 g/mol. The van der Waals surface area contributed by atoms with Crippen LogP contribution in [0.2, 0.25) is 5.02 Å². The van der Waals surface area contributed by atoms with Crippen molar-refractivity contribution >= 4 is 23.5 Å². The molecule has 0 spiro atoms. The van der Waals surface area contributed by atoms with E-state index in [2.05, 4.69) is 4.74 Å². The van der Waals surface area contributed by atoms with Crippen molar-refractivity contribution in [1.29, 1.82) is 0 Å². The second-order valence-electron chi connectivity index (χ2n) is 5.21. The molecule has 0 fully saturated rings. The SMILES string of the molecule is O=C(O)C(F)(F)Oc1cccc(C(F)(F)F)c1.O=C(O)[C@@H](O)c1ccccc1Cl. The van der Waals surface area contributed by atoms with Gasteiger partial charge in [0.15, 0.2) is 6.10 Å². The van der Waals surface area contributed by atoms with Gasteiger partial charge >= 0.3 is 24.2 Å². The molecule has 3 N–H and O–H groups in total. The highest BCUT2D eigenvalue weighted by Gasteiger charge is 2.42. The maximum atomic E-state index is 12.6. The van der Waals surface area contributed by atoms with Crippen molar-refractivity contribution in [3.8, 4) is 5.75 Å². The highest BCUT2D eigenvalue weighted by molar-refractivity contribution is 6.31. The van der Waals surface area contributed by atoms with Crippen LogP contribution in [0.25, 0.3) is 0 Å². The number of carboxylic acid groups (broad SMARTS) is 2. The molecule has 0 saturated carbocycles. The van der Waals surface area contributed by atoms with Gasteiger partial charge in [-0.1, -0.05) is 35.9 Å².